The molecule has 0 fully saturated rings. The van der Waals surface area contributed by atoms with Crippen molar-refractivity contribution in [1.82, 2.24) is 10.1 Å². The SMILES string of the molecule is CN(C)CCc1noc(N)c1N. The van der Waals surface area contributed by atoms with E-state index in [0.29, 0.717) is 5.69 Å². The zero-order valence-corrected chi connectivity index (χ0v) is 7.37. The summed E-state index contributed by atoms with van der Waals surface area (Å²) < 4.78 is 4.71. The molecule has 12 heavy (non-hydrogen) atoms. The number of hydrogen-bond donors (Lipinski definition) is 2. The molecule has 0 aliphatic heterocycles. The number of rotatable bonds is 3. The molecule has 0 amide bonds. The highest BCUT2D eigenvalue weighted by atomic mass is 16.5. The lowest BCUT2D eigenvalue weighted by Crippen LogP contribution is -2.15. The molecule has 0 saturated carbocycles. The molecular weight excluding hydrogens is 156 g/mol. The van der Waals surface area contributed by atoms with Crippen LogP contribution in [0.3, 0.4) is 0 Å². The summed E-state index contributed by atoms with van der Waals surface area (Å²) in [7, 11) is 3.97. The minimum atomic E-state index is 0.212. The molecule has 1 aromatic rings. The van der Waals surface area contributed by atoms with Crippen LogP contribution in [0.15, 0.2) is 4.52 Å². The first-order valence-corrected chi connectivity index (χ1v) is 3.75. The summed E-state index contributed by atoms with van der Waals surface area (Å²) >= 11 is 0. The minimum absolute atomic E-state index is 0.212. The number of nitrogen functional groups attached to an aromatic ring is 2. The van der Waals surface area contributed by atoms with Crippen molar-refractivity contribution in [2.24, 2.45) is 0 Å². The fourth-order valence-electron chi connectivity index (χ4n) is 0.855. The normalized spacial score (nSPS) is 10.9. The Bertz CT molecular complexity index is 256. The summed E-state index contributed by atoms with van der Waals surface area (Å²) in [5.41, 5.74) is 12.2. The van der Waals surface area contributed by atoms with Gasteiger partial charge in [0.15, 0.2) is 0 Å². The number of hydrogen-bond acceptors (Lipinski definition) is 5. The molecule has 0 aliphatic rings. The third-order valence-electron chi connectivity index (χ3n) is 1.63. The van der Waals surface area contributed by atoms with Gasteiger partial charge in [0.1, 0.15) is 11.4 Å². The van der Waals surface area contributed by atoms with Crippen LogP contribution in [-0.2, 0) is 6.42 Å². The number of anilines is 2. The first kappa shape index (κ1) is 8.86. The standard InChI is InChI=1S/C7H14N4O/c1-11(2)4-3-5-6(8)7(9)12-10-5/h3-4,8-9H2,1-2H3. The van der Waals surface area contributed by atoms with E-state index in [2.05, 4.69) is 5.16 Å². The van der Waals surface area contributed by atoms with Crippen LogP contribution in [0.5, 0.6) is 0 Å². The minimum Gasteiger partial charge on any atom is -0.393 e. The van der Waals surface area contributed by atoms with Crippen LogP contribution < -0.4 is 11.5 Å². The van der Waals surface area contributed by atoms with Gasteiger partial charge >= 0.3 is 0 Å². The Hall–Kier alpha value is -1.23. The molecule has 0 aliphatic carbocycles. The van der Waals surface area contributed by atoms with Crippen LogP contribution in [0.4, 0.5) is 11.6 Å². The van der Waals surface area contributed by atoms with Gasteiger partial charge in [-0.3, -0.25) is 0 Å². The van der Waals surface area contributed by atoms with Crippen molar-refractivity contribution in [2.45, 2.75) is 6.42 Å². The molecule has 0 atom stereocenters. The summed E-state index contributed by atoms with van der Waals surface area (Å²) in [6, 6.07) is 0. The molecule has 5 nitrogen and oxygen atoms in total. The summed E-state index contributed by atoms with van der Waals surface area (Å²) in [5, 5.41) is 3.74. The van der Waals surface area contributed by atoms with Crippen molar-refractivity contribution in [3.05, 3.63) is 5.69 Å². The summed E-state index contributed by atoms with van der Waals surface area (Å²) in [5.74, 6) is 0.212. The molecule has 1 rings (SSSR count). The zero-order valence-electron chi connectivity index (χ0n) is 7.37. The van der Waals surface area contributed by atoms with E-state index in [9.17, 15) is 0 Å². The molecule has 5 heteroatoms. The van der Waals surface area contributed by atoms with E-state index in [-0.39, 0.29) is 5.88 Å². The largest absolute Gasteiger partial charge is 0.393 e. The van der Waals surface area contributed by atoms with Gasteiger partial charge < -0.3 is 20.9 Å². The van der Waals surface area contributed by atoms with Gasteiger partial charge in [0.05, 0.1) is 0 Å². The number of likely N-dealkylation sites (N-methyl/N-ethyl adjacent to an activating group) is 1. The second kappa shape index (κ2) is 3.44. The van der Waals surface area contributed by atoms with Crippen molar-refractivity contribution in [3.63, 3.8) is 0 Å². The van der Waals surface area contributed by atoms with E-state index in [1.54, 1.807) is 0 Å². The highest BCUT2D eigenvalue weighted by Gasteiger charge is 2.09. The summed E-state index contributed by atoms with van der Waals surface area (Å²) in [4.78, 5) is 2.05. The average Bonchev–Trinajstić information content (AvgIpc) is 2.30. The Morgan fingerprint density at radius 3 is 2.50 bits per heavy atom. The van der Waals surface area contributed by atoms with Gasteiger partial charge in [-0.25, -0.2) is 0 Å². The van der Waals surface area contributed by atoms with E-state index < -0.39 is 0 Å². The fourth-order valence-corrected chi connectivity index (χ4v) is 0.855. The number of nitrogens with two attached hydrogens (primary N) is 2. The Morgan fingerprint density at radius 2 is 2.08 bits per heavy atom. The predicted octanol–water partition coefficient (Wildman–Crippen LogP) is -0.0569. The Labute approximate surface area is 71.3 Å². The fraction of sp³-hybridized carbons (Fsp3) is 0.571. The maximum Gasteiger partial charge on any atom is 0.245 e. The van der Waals surface area contributed by atoms with Crippen LogP contribution in [0.2, 0.25) is 0 Å². The van der Waals surface area contributed by atoms with Gasteiger partial charge in [0.2, 0.25) is 5.88 Å². The van der Waals surface area contributed by atoms with Crippen LogP contribution in [0.25, 0.3) is 0 Å². The summed E-state index contributed by atoms with van der Waals surface area (Å²) in [6.45, 7) is 0.885. The molecule has 0 bridgehead atoms. The van der Waals surface area contributed by atoms with E-state index in [1.165, 1.54) is 0 Å². The molecule has 0 unspecified atom stereocenters. The van der Waals surface area contributed by atoms with E-state index in [0.717, 1.165) is 18.7 Å². The van der Waals surface area contributed by atoms with Crippen LogP contribution >= 0.6 is 0 Å². The molecular formula is C7H14N4O. The molecule has 0 aromatic carbocycles. The van der Waals surface area contributed by atoms with Gasteiger partial charge in [-0.1, -0.05) is 5.16 Å². The second-order valence-electron chi connectivity index (χ2n) is 2.96. The molecule has 68 valence electrons. The summed E-state index contributed by atoms with van der Waals surface area (Å²) in [6.07, 6.45) is 0.763. The Morgan fingerprint density at radius 1 is 1.42 bits per heavy atom. The lowest BCUT2D eigenvalue weighted by Gasteiger charge is -2.06. The monoisotopic (exact) mass is 170 g/mol. The van der Waals surface area contributed by atoms with Crippen LogP contribution in [0.1, 0.15) is 5.69 Å². The molecule has 1 heterocycles. The number of nitrogens with zero attached hydrogens (tertiary/aromatic N) is 2. The highest BCUT2D eigenvalue weighted by Crippen LogP contribution is 2.18. The maximum absolute atomic E-state index is 5.59. The zero-order chi connectivity index (χ0) is 9.14. The first-order valence-electron chi connectivity index (χ1n) is 3.75. The van der Waals surface area contributed by atoms with Gasteiger partial charge in [-0.05, 0) is 14.1 Å². The van der Waals surface area contributed by atoms with Crippen molar-refractivity contribution in [3.8, 4) is 0 Å². The lowest BCUT2D eigenvalue weighted by molar-refractivity contribution is 0.394. The van der Waals surface area contributed by atoms with Crippen LogP contribution in [-0.4, -0.2) is 30.7 Å². The molecule has 0 saturated heterocycles. The molecule has 0 radical (unpaired) electrons. The molecule has 1 aromatic heterocycles. The first-order chi connectivity index (χ1) is 5.61. The van der Waals surface area contributed by atoms with Gasteiger partial charge in [0, 0.05) is 13.0 Å². The molecule has 0 spiro atoms. The van der Waals surface area contributed by atoms with Gasteiger partial charge in [-0.15, -0.1) is 0 Å². The topological polar surface area (TPSA) is 81.3 Å². The highest BCUT2D eigenvalue weighted by molar-refractivity contribution is 5.58. The van der Waals surface area contributed by atoms with E-state index >= 15 is 0 Å². The average molecular weight is 170 g/mol. The van der Waals surface area contributed by atoms with Crippen molar-refractivity contribution < 1.29 is 4.52 Å². The van der Waals surface area contributed by atoms with Gasteiger partial charge in [0.25, 0.3) is 0 Å². The predicted molar refractivity (Wildman–Crippen MR) is 47.6 cm³/mol. The quantitative estimate of drug-likeness (QED) is 0.664. The van der Waals surface area contributed by atoms with Crippen LogP contribution in [0, 0.1) is 0 Å². The van der Waals surface area contributed by atoms with Crippen molar-refractivity contribution in [2.75, 3.05) is 32.1 Å². The Balaban J connectivity index is 2.58. The van der Waals surface area contributed by atoms with E-state index in [4.69, 9.17) is 16.0 Å². The third kappa shape index (κ3) is 1.88. The second-order valence-corrected chi connectivity index (χ2v) is 2.96. The van der Waals surface area contributed by atoms with Crippen molar-refractivity contribution in [1.29, 1.82) is 0 Å². The van der Waals surface area contributed by atoms with E-state index in [1.807, 2.05) is 19.0 Å². The van der Waals surface area contributed by atoms with Crippen molar-refractivity contribution >= 4 is 11.6 Å². The third-order valence-corrected chi connectivity index (χ3v) is 1.63. The van der Waals surface area contributed by atoms with Gasteiger partial charge in [-0.2, -0.15) is 0 Å². The maximum atomic E-state index is 5.59. The number of aromatic nitrogens is 1. The molecule has 4 N–H and O–H groups in total. The Kier molecular flexibility index (Phi) is 2.54. The lowest BCUT2D eigenvalue weighted by atomic mass is 10.2. The smallest absolute Gasteiger partial charge is 0.245 e.